The fraction of sp³-hybridized carbons (Fsp3) is 0.186. The lowest BCUT2D eigenvalue weighted by Crippen LogP contribution is -2.61. The third-order valence-electron chi connectivity index (χ3n) is 13.9. The third-order valence-corrected chi connectivity index (χ3v) is 15.9. The Bertz CT molecular complexity index is 3570. The summed E-state index contributed by atoms with van der Waals surface area (Å²) >= 11 is 3.63. The molecule has 0 amide bonds. The molecular formula is C59H51BN2OS2. The minimum atomic E-state index is -0.143. The molecule has 318 valence electrons. The molecule has 0 radical (unpaired) electrons. The summed E-state index contributed by atoms with van der Waals surface area (Å²) in [7, 11) is 0. The Morgan fingerprint density at radius 1 is 0.508 bits per heavy atom. The fourth-order valence-corrected chi connectivity index (χ4v) is 12.7. The van der Waals surface area contributed by atoms with Gasteiger partial charge in [-0.1, -0.05) is 120 Å². The van der Waals surface area contributed by atoms with Gasteiger partial charge in [0.25, 0.3) is 6.71 Å². The lowest BCUT2D eigenvalue weighted by molar-refractivity contribution is 0.589. The summed E-state index contributed by atoms with van der Waals surface area (Å²) in [5.41, 5.74) is 22.8. The predicted octanol–water partition coefficient (Wildman–Crippen LogP) is 15.8. The normalized spacial score (nSPS) is 13.5. The molecule has 0 aliphatic carbocycles. The zero-order valence-corrected chi connectivity index (χ0v) is 40.2. The number of aryl methyl sites for hydroxylation is 3. The Hall–Kier alpha value is -6.34. The van der Waals surface area contributed by atoms with Crippen LogP contribution in [0, 0.1) is 20.8 Å². The molecule has 3 nitrogen and oxygen atoms in total. The molecular weight excluding hydrogens is 828 g/mol. The molecule has 12 rings (SSSR count). The van der Waals surface area contributed by atoms with Gasteiger partial charge in [0.05, 0.1) is 17.0 Å². The van der Waals surface area contributed by atoms with Gasteiger partial charge in [0, 0.05) is 59.4 Å². The van der Waals surface area contributed by atoms with Crippen LogP contribution in [0.3, 0.4) is 0 Å². The Morgan fingerprint density at radius 3 is 1.77 bits per heavy atom. The SMILES string of the molecule is Cc1cc2c3c(c1)N(c1c(C)cc(C(C)(C)C)cc1C)c1c(oc4ccc(C(C)(C)C)cc14)B3c1ccc(-c3csc4ccccc34)cc1N2c1cccc(-c2csc3ccccc23)c1. The molecule has 0 fully saturated rings. The number of fused-ring (bicyclic) bond motifs is 8. The number of nitrogens with zero attached hydrogens (tertiary/aromatic N) is 2. The first-order chi connectivity index (χ1) is 31.2. The van der Waals surface area contributed by atoms with Gasteiger partial charge >= 0.3 is 0 Å². The van der Waals surface area contributed by atoms with Crippen molar-refractivity contribution in [1.82, 2.24) is 0 Å². The van der Waals surface area contributed by atoms with Crippen LogP contribution in [0.1, 0.15) is 69.4 Å². The maximum Gasteiger partial charge on any atom is 0.297 e. The van der Waals surface area contributed by atoms with Gasteiger partial charge in [0.15, 0.2) is 0 Å². The van der Waals surface area contributed by atoms with E-state index in [1.54, 1.807) is 0 Å². The van der Waals surface area contributed by atoms with Crippen molar-refractivity contribution in [3.8, 4) is 22.3 Å². The smallest absolute Gasteiger partial charge is 0.297 e. The van der Waals surface area contributed by atoms with Crippen molar-refractivity contribution in [3.05, 3.63) is 172 Å². The average Bonchev–Trinajstić information content (AvgIpc) is 4.01. The van der Waals surface area contributed by atoms with Crippen molar-refractivity contribution in [2.75, 3.05) is 9.80 Å². The van der Waals surface area contributed by atoms with E-state index in [0.717, 1.165) is 28.0 Å². The monoisotopic (exact) mass is 878 g/mol. The molecule has 0 spiro atoms. The highest BCUT2D eigenvalue weighted by Crippen LogP contribution is 2.51. The van der Waals surface area contributed by atoms with E-state index >= 15 is 0 Å². The van der Waals surface area contributed by atoms with E-state index in [9.17, 15) is 0 Å². The fourth-order valence-electron chi connectivity index (χ4n) is 10.7. The molecule has 6 heteroatoms. The third kappa shape index (κ3) is 6.21. The molecule has 0 atom stereocenters. The molecule has 2 aliphatic heterocycles. The number of hydrogen-bond donors (Lipinski definition) is 0. The van der Waals surface area contributed by atoms with Crippen molar-refractivity contribution in [1.29, 1.82) is 0 Å². The summed E-state index contributed by atoms with van der Waals surface area (Å²) in [5.74, 6) is 0. The highest BCUT2D eigenvalue weighted by atomic mass is 32.1. The highest BCUT2D eigenvalue weighted by Gasteiger charge is 2.47. The first kappa shape index (κ1) is 40.2. The Kier molecular flexibility index (Phi) is 8.86. The highest BCUT2D eigenvalue weighted by molar-refractivity contribution is 7.18. The van der Waals surface area contributed by atoms with Gasteiger partial charge < -0.3 is 14.2 Å². The van der Waals surface area contributed by atoms with E-state index in [1.807, 2.05) is 22.7 Å². The van der Waals surface area contributed by atoms with Crippen molar-refractivity contribution in [2.24, 2.45) is 0 Å². The van der Waals surface area contributed by atoms with Crippen LogP contribution in [-0.2, 0) is 10.8 Å². The van der Waals surface area contributed by atoms with Crippen LogP contribution in [0.2, 0.25) is 0 Å². The lowest BCUT2D eigenvalue weighted by atomic mass is 9.35. The average molecular weight is 879 g/mol. The Balaban J connectivity index is 1.17. The molecule has 0 saturated carbocycles. The van der Waals surface area contributed by atoms with Crippen molar-refractivity contribution in [3.63, 3.8) is 0 Å². The first-order valence-corrected chi connectivity index (χ1v) is 24.6. The van der Waals surface area contributed by atoms with E-state index in [-0.39, 0.29) is 17.5 Å². The summed E-state index contributed by atoms with van der Waals surface area (Å²) < 4.78 is 9.96. The number of benzene rings is 7. The van der Waals surface area contributed by atoms with Crippen molar-refractivity contribution in [2.45, 2.75) is 73.1 Å². The lowest BCUT2D eigenvalue weighted by Gasteiger charge is -2.43. The van der Waals surface area contributed by atoms with Gasteiger partial charge in [-0.05, 0) is 147 Å². The van der Waals surface area contributed by atoms with Gasteiger partial charge in [0.1, 0.15) is 5.58 Å². The zero-order valence-electron chi connectivity index (χ0n) is 38.6. The molecule has 0 unspecified atom stereocenters. The molecule has 2 aliphatic rings. The number of hydrogen-bond acceptors (Lipinski definition) is 5. The molecule has 5 heterocycles. The summed E-state index contributed by atoms with van der Waals surface area (Å²) in [6.07, 6.45) is 0. The van der Waals surface area contributed by atoms with E-state index in [2.05, 4.69) is 216 Å². The Labute approximate surface area is 390 Å². The minimum Gasteiger partial charge on any atom is -0.468 e. The second-order valence-electron chi connectivity index (χ2n) is 20.4. The standard InChI is InChI=1S/C59H51BN2OS2/c1-34-25-49-54-50(26-34)62(55-35(2)27-40(28-36(55)3)59(7,8)9)56-44-31-39(58(4,5)6)22-24-51(44)63-57(56)60(54)47-23-21-38(46-33-65-53-20-13-11-18-43(46)53)30-48(47)61(49)41-16-14-15-37(29-41)45-32-64-52-19-12-10-17-42(45)52/h10-33H,1-9H3. The van der Waals surface area contributed by atoms with Gasteiger partial charge in [0.2, 0.25) is 0 Å². The predicted molar refractivity (Wildman–Crippen MR) is 283 cm³/mol. The number of anilines is 6. The topological polar surface area (TPSA) is 19.6 Å². The van der Waals surface area contributed by atoms with Gasteiger partial charge in [-0.15, -0.1) is 22.7 Å². The van der Waals surface area contributed by atoms with Crippen LogP contribution in [0.5, 0.6) is 0 Å². The van der Waals surface area contributed by atoms with Crippen LogP contribution in [0.25, 0.3) is 53.4 Å². The summed E-state index contributed by atoms with van der Waals surface area (Å²) in [6.45, 7) is 20.6. The Morgan fingerprint density at radius 2 is 1.12 bits per heavy atom. The largest absolute Gasteiger partial charge is 0.468 e. The quantitative estimate of drug-likeness (QED) is 0.164. The molecule has 65 heavy (non-hydrogen) atoms. The maximum atomic E-state index is 7.36. The summed E-state index contributed by atoms with van der Waals surface area (Å²) in [4.78, 5) is 5.13. The van der Waals surface area contributed by atoms with Gasteiger partial charge in [-0.25, -0.2) is 0 Å². The zero-order chi connectivity index (χ0) is 44.7. The van der Waals surface area contributed by atoms with Crippen LogP contribution < -0.4 is 26.4 Å². The molecule has 3 aromatic heterocycles. The first-order valence-electron chi connectivity index (χ1n) is 22.8. The molecule has 0 N–H and O–H groups in total. The van der Waals surface area contributed by atoms with Crippen molar-refractivity contribution >= 4 is 111 Å². The van der Waals surface area contributed by atoms with E-state index in [0.29, 0.717) is 0 Å². The second-order valence-corrected chi connectivity index (χ2v) is 22.2. The molecule has 10 aromatic rings. The van der Waals surface area contributed by atoms with Crippen LogP contribution in [0.15, 0.2) is 149 Å². The number of furan rings is 1. The molecule has 7 aromatic carbocycles. The van der Waals surface area contributed by atoms with Crippen LogP contribution >= 0.6 is 22.7 Å². The van der Waals surface area contributed by atoms with E-state index < -0.39 is 0 Å². The number of thiophene rings is 2. The van der Waals surface area contributed by atoms with Crippen molar-refractivity contribution < 1.29 is 4.42 Å². The van der Waals surface area contributed by atoms with Gasteiger partial charge in [-0.3, -0.25) is 0 Å². The second kappa shape index (κ2) is 14.3. The summed E-state index contributed by atoms with van der Waals surface area (Å²) in [5, 5.41) is 8.38. The molecule has 0 saturated heterocycles. The summed E-state index contributed by atoms with van der Waals surface area (Å²) in [6, 6.07) is 50.5. The van der Waals surface area contributed by atoms with Crippen LogP contribution in [0.4, 0.5) is 34.1 Å². The van der Waals surface area contributed by atoms with E-state index in [4.69, 9.17) is 4.42 Å². The van der Waals surface area contributed by atoms with Crippen LogP contribution in [-0.4, -0.2) is 6.71 Å². The molecule has 0 bridgehead atoms. The van der Waals surface area contributed by atoms with Gasteiger partial charge in [-0.2, -0.15) is 0 Å². The van der Waals surface area contributed by atoms with E-state index in [1.165, 1.54) is 104 Å². The number of rotatable bonds is 4. The maximum absolute atomic E-state index is 7.36. The minimum absolute atomic E-state index is 0.0148.